The maximum absolute atomic E-state index is 14.5. The van der Waals surface area contributed by atoms with E-state index in [1.807, 2.05) is 4.90 Å². The van der Waals surface area contributed by atoms with Crippen molar-refractivity contribution in [2.24, 2.45) is 11.8 Å². The van der Waals surface area contributed by atoms with Crippen LogP contribution < -0.4 is 0 Å². The second-order valence-corrected chi connectivity index (χ2v) is 9.07. The molecule has 2 N–H and O–H groups in total. The summed E-state index contributed by atoms with van der Waals surface area (Å²) in [5, 5.41) is 9.91. The molecule has 1 saturated carbocycles. The predicted octanol–water partition coefficient (Wildman–Crippen LogP) is 4.98. The average Bonchev–Trinajstić information content (AvgIpc) is 3.12. The number of aromatic nitrogens is 1. The molecule has 1 aromatic heterocycles. The van der Waals surface area contributed by atoms with Gasteiger partial charge in [-0.15, -0.1) is 0 Å². The first-order chi connectivity index (χ1) is 15.4. The number of amides is 1. The van der Waals surface area contributed by atoms with Crippen LogP contribution in [0.1, 0.15) is 37.2 Å². The number of H-pyrrole nitrogens is 1. The van der Waals surface area contributed by atoms with E-state index < -0.39 is 11.6 Å². The number of hydrogen-bond acceptors (Lipinski definition) is 2. The Kier molecular flexibility index (Phi) is 5.45. The zero-order valence-electron chi connectivity index (χ0n) is 17.6. The van der Waals surface area contributed by atoms with E-state index in [0.717, 1.165) is 24.5 Å². The molecular weight excluding hydrogens is 417 g/mol. The van der Waals surface area contributed by atoms with Gasteiger partial charge in [0.05, 0.1) is 11.2 Å². The second-order valence-electron chi connectivity index (χ2n) is 9.07. The van der Waals surface area contributed by atoms with Crippen molar-refractivity contribution in [3.63, 3.8) is 0 Å². The van der Waals surface area contributed by atoms with E-state index in [-0.39, 0.29) is 41.6 Å². The van der Waals surface area contributed by atoms with Gasteiger partial charge in [0.25, 0.3) is 0 Å². The van der Waals surface area contributed by atoms with Gasteiger partial charge in [-0.25, -0.2) is 13.2 Å². The highest BCUT2D eigenvalue weighted by molar-refractivity contribution is 5.92. The Morgan fingerprint density at radius 3 is 2.56 bits per heavy atom. The summed E-state index contributed by atoms with van der Waals surface area (Å²) in [5.41, 5.74) is 2.32. The minimum Gasteiger partial charge on any atom is -0.396 e. The highest BCUT2D eigenvalue weighted by Gasteiger charge is 2.41. The van der Waals surface area contributed by atoms with E-state index in [0.29, 0.717) is 42.6 Å². The fourth-order valence-corrected chi connectivity index (χ4v) is 5.24. The fraction of sp³-hybridized carbons (Fsp3) is 0.400. The number of hydrogen-bond donors (Lipinski definition) is 2. The van der Waals surface area contributed by atoms with E-state index in [4.69, 9.17) is 0 Å². The Morgan fingerprint density at radius 1 is 1.09 bits per heavy atom. The molecule has 0 bridgehead atoms. The molecule has 7 heteroatoms. The van der Waals surface area contributed by atoms with Gasteiger partial charge in [0.15, 0.2) is 0 Å². The van der Waals surface area contributed by atoms with Gasteiger partial charge < -0.3 is 15.0 Å². The van der Waals surface area contributed by atoms with E-state index in [9.17, 15) is 23.1 Å². The van der Waals surface area contributed by atoms with Crippen LogP contribution in [0.15, 0.2) is 36.4 Å². The summed E-state index contributed by atoms with van der Waals surface area (Å²) in [4.78, 5) is 17.9. The van der Waals surface area contributed by atoms with Crippen LogP contribution in [-0.4, -0.2) is 40.6 Å². The predicted molar refractivity (Wildman–Crippen MR) is 115 cm³/mol. The van der Waals surface area contributed by atoms with Gasteiger partial charge in [0, 0.05) is 37.1 Å². The molecule has 4 nitrogen and oxygen atoms in total. The molecule has 32 heavy (non-hydrogen) atoms. The zero-order valence-corrected chi connectivity index (χ0v) is 17.6. The number of rotatable bonds is 4. The molecule has 1 unspecified atom stereocenters. The summed E-state index contributed by atoms with van der Waals surface area (Å²) in [5.74, 6) is -1.64. The maximum Gasteiger partial charge on any atom is 0.225 e. The van der Waals surface area contributed by atoms with E-state index in [1.165, 1.54) is 18.2 Å². The van der Waals surface area contributed by atoms with E-state index in [2.05, 4.69) is 4.98 Å². The van der Waals surface area contributed by atoms with Crippen molar-refractivity contribution in [1.82, 2.24) is 9.88 Å². The third-order valence-corrected chi connectivity index (χ3v) is 6.98. The van der Waals surface area contributed by atoms with Crippen molar-refractivity contribution in [3.8, 4) is 11.3 Å². The Hall–Kier alpha value is -2.80. The lowest BCUT2D eigenvalue weighted by Gasteiger charge is -2.40. The van der Waals surface area contributed by atoms with Crippen LogP contribution in [0.4, 0.5) is 13.2 Å². The lowest BCUT2D eigenvalue weighted by molar-refractivity contribution is -0.140. The first-order valence-electron chi connectivity index (χ1n) is 11.1. The maximum atomic E-state index is 14.5. The Labute approximate surface area is 184 Å². The Morgan fingerprint density at radius 2 is 1.84 bits per heavy atom. The van der Waals surface area contributed by atoms with Crippen LogP contribution in [-0.2, 0) is 4.79 Å². The lowest BCUT2D eigenvalue weighted by Crippen LogP contribution is -2.46. The van der Waals surface area contributed by atoms with Gasteiger partial charge in [-0.05, 0) is 79.0 Å². The quantitative estimate of drug-likeness (QED) is 0.599. The summed E-state index contributed by atoms with van der Waals surface area (Å²) in [6, 6.07) is 8.07. The molecule has 2 heterocycles. The molecule has 168 valence electrons. The number of aliphatic hydroxyl groups excluding tert-OH is 1. The molecular formula is C25H25F3N2O2. The third kappa shape index (κ3) is 3.68. The highest BCUT2D eigenvalue weighted by Crippen LogP contribution is 2.49. The van der Waals surface area contributed by atoms with E-state index in [1.54, 1.807) is 12.1 Å². The number of fused-ring (bicyclic) bond motifs is 1. The molecule has 1 atom stereocenters. The number of nitrogens with one attached hydrogen (secondary N) is 1. The van der Waals surface area contributed by atoms with Gasteiger partial charge >= 0.3 is 0 Å². The van der Waals surface area contributed by atoms with Crippen molar-refractivity contribution < 1.29 is 23.1 Å². The van der Waals surface area contributed by atoms with Gasteiger partial charge in [-0.1, -0.05) is 0 Å². The van der Waals surface area contributed by atoms with Crippen molar-refractivity contribution in [2.75, 3.05) is 19.7 Å². The molecule has 1 amide bonds. The molecule has 2 aliphatic rings. The van der Waals surface area contributed by atoms with Crippen LogP contribution >= 0.6 is 0 Å². The molecule has 1 aliphatic heterocycles. The van der Waals surface area contributed by atoms with Crippen LogP contribution in [0.5, 0.6) is 0 Å². The van der Waals surface area contributed by atoms with Crippen LogP contribution in [0.2, 0.25) is 0 Å². The number of piperidine rings is 1. The van der Waals surface area contributed by atoms with Crippen molar-refractivity contribution in [1.29, 1.82) is 0 Å². The van der Waals surface area contributed by atoms with Gasteiger partial charge in [-0.2, -0.15) is 0 Å². The highest BCUT2D eigenvalue weighted by atomic mass is 19.1. The molecule has 2 aromatic carbocycles. The number of benzene rings is 2. The fourth-order valence-electron chi connectivity index (χ4n) is 5.24. The average molecular weight is 442 g/mol. The minimum atomic E-state index is -0.676. The van der Waals surface area contributed by atoms with Crippen molar-refractivity contribution >= 4 is 16.8 Å². The number of carbonyl (C=O) groups is 1. The molecule has 2 fully saturated rings. The van der Waals surface area contributed by atoms with Crippen LogP contribution in [0, 0.1) is 29.3 Å². The molecule has 5 rings (SSSR count). The molecule has 0 spiro atoms. The number of carbonyl (C=O) groups excluding carboxylic acids is 1. The molecule has 0 radical (unpaired) electrons. The largest absolute Gasteiger partial charge is 0.396 e. The van der Waals surface area contributed by atoms with Crippen molar-refractivity contribution in [2.45, 2.75) is 31.6 Å². The molecule has 1 saturated heterocycles. The Bertz CT molecular complexity index is 1150. The summed E-state index contributed by atoms with van der Waals surface area (Å²) in [6.07, 6.45) is 3.01. The number of nitrogens with zero attached hydrogens (tertiary/aromatic N) is 1. The monoisotopic (exact) mass is 442 g/mol. The van der Waals surface area contributed by atoms with Crippen LogP contribution in [0.25, 0.3) is 22.2 Å². The van der Waals surface area contributed by atoms with E-state index >= 15 is 0 Å². The first-order valence-corrected chi connectivity index (χ1v) is 11.1. The normalized spacial score (nSPS) is 23.4. The minimum absolute atomic E-state index is 0.0302. The molecule has 3 aromatic rings. The number of aromatic amines is 1. The summed E-state index contributed by atoms with van der Waals surface area (Å²) >= 11 is 0. The Balaban J connectivity index is 1.45. The third-order valence-electron chi connectivity index (χ3n) is 6.98. The number of aliphatic hydroxyl groups is 1. The zero-order chi connectivity index (χ0) is 22.4. The summed E-state index contributed by atoms with van der Waals surface area (Å²) < 4.78 is 42.0. The number of halogens is 3. The second kappa shape index (κ2) is 8.28. The topological polar surface area (TPSA) is 56.3 Å². The summed E-state index contributed by atoms with van der Waals surface area (Å²) in [6.45, 7) is 1.38. The summed E-state index contributed by atoms with van der Waals surface area (Å²) in [7, 11) is 0. The first kappa shape index (κ1) is 21.1. The van der Waals surface area contributed by atoms with Gasteiger partial charge in [0.1, 0.15) is 17.5 Å². The van der Waals surface area contributed by atoms with Crippen molar-refractivity contribution in [3.05, 3.63) is 59.4 Å². The lowest BCUT2D eigenvalue weighted by atomic mass is 9.69. The molecule has 1 aliphatic carbocycles. The van der Waals surface area contributed by atoms with Gasteiger partial charge in [-0.3, -0.25) is 4.79 Å². The standard InChI is InChI=1S/C25H25F3N2O2/c26-18-5-3-15(4-6-18)23-22(20-10-19(27)11-21(28)24(20)29-23)16-8-17(9-16)25(32)30-7-1-2-14(12-30)13-31/h3-6,10-11,14,16-17,29,31H,1-2,7-9,12-13H2/t14?,16-,17-. The van der Waals surface area contributed by atoms with Crippen LogP contribution in [0.3, 0.4) is 0 Å². The number of likely N-dealkylation sites (tertiary alicyclic amines) is 1. The smallest absolute Gasteiger partial charge is 0.225 e. The SMILES string of the molecule is O=C([C@H]1C[C@H](c2c(-c3ccc(F)cc3)[nH]c3c(F)cc(F)cc32)C1)N1CCCC(CO)C1. The van der Waals surface area contributed by atoms with Gasteiger partial charge in [0.2, 0.25) is 5.91 Å².